The van der Waals surface area contributed by atoms with E-state index in [2.05, 4.69) is 4.98 Å². The fourth-order valence-electron chi connectivity index (χ4n) is 1.50. The number of carbonyl (C=O) groups excluding carboxylic acids is 1. The first-order chi connectivity index (χ1) is 7.72. The van der Waals surface area contributed by atoms with Gasteiger partial charge in [0.2, 0.25) is 0 Å². The van der Waals surface area contributed by atoms with Crippen molar-refractivity contribution in [3.63, 3.8) is 0 Å². The Bertz CT molecular complexity index is 540. The van der Waals surface area contributed by atoms with Gasteiger partial charge in [-0.1, -0.05) is 6.07 Å². The quantitative estimate of drug-likeness (QED) is 0.728. The molecule has 16 heavy (non-hydrogen) atoms. The zero-order valence-electron chi connectivity index (χ0n) is 8.74. The third-order valence-corrected chi connectivity index (χ3v) is 2.20. The van der Waals surface area contributed by atoms with Crippen molar-refractivity contribution in [3.8, 4) is 0 Å². The standard InChI is InChI=1S/C12H10FNO2/c1-2-16-12(15)11-10-7-9(13)4-3-8(10)5-6-14-11/h3-7H,2H2,1H3. The highest BCUT2D eigenvalue weighted by Gasteiger charge is 2.12. The molecule has 4 heteroatoms. The van der Waals surface area contributed by atoms with Crippen LogP contribution in [0.15, 0.2) is 30.5 Å². The number of esters is 1. The van der Waals surface area contributed by atoms with E-state index < -0.39 is 11.8 Å². The molecule has 1 aromatic heterocycles. The van der Waals surface area contributed by atoms with Crippen LogP contribution in [0.2, 0.25) is 0 Å². The number of carbonyl (C=O) groups is 1. The van der Waals surface area contributed by atoms with E-state index in [-0.39, 0.29) is 12.3 Å². The van der Waals surface area contributed by atoms with Crippen LogP contribution in [0.1, 0.15) is 17.4 Å². The molecule has 0 unspecified atom stereocenters. The Morgan fingerprint density at radius 3 is 3.00 bits per heavy atom. The summed E-state index contributed by atoms with van der Waals surface area (Å²) in [4.78, 5) is 15.5. The predicted octanol–water partition coefficient (Wildman–Crippen LogP) is 2.55. The largest absolute Gasteiger partial charge is 0.461 e. The average Bonchev–Trinajstić information content (AvgIpc) is 2.28. The Labute approximate surface area is 91.9 Å². The van der Waals surface area contributed by atoms with Gasteiger partial charge in [0.25, 0.3) is 0 Å². The summed E-state index contributed by atoms with van der Waals surface area (Å²) in [6.45, 7) is 1.98. The lowest BCUT2D eigenvalue weighted by atomic mass is 10.1. The van der Waals surface area contributed by atoms with E-state index in [1.54, 1.807) is 19.1 Å². The molecule has 0 fully saturated rings. The smallest absolute Gasteiger partial charge is 0.357 e. The first-order valence-corrected chi connectivity index (χ1v) is 4.93. The summed E-state index contributed by atoms with van der Waals surface area (Å²) < 4.78 is 17.9. The first kappa shape index (κ1) is 10.5. The molecule has 0 bridgehead atoms. The minimum atomic E-state index is -0.529. The zero-order valence-corrected chi connectivity index (χ0v) is 8.74. The molecule has 0 spiro atoms. The Morgan fingerprint density at radius 1 is 1.44 bits per heavy atom. The minimum Gasteiger partial charge on any atom is -0.461 e. The molecule has 0 atom stereocenters. The van der Waals surface area contributed by atoms with Gasteiger partial charge in [-0.05, 0) is 30.5 Å². The third kappa shape index (κ3) is 1.86. The fraction of sp³-hybridized carbons (Fsp3) is 0.167. The van der Waals surface area contributed by atoms with Crippen LogP contribution in [0, 0.1) is 5.82 Å². The first-order valence-electron chi connectivity index (χ1n) is 4.93. The summed E-state index contributed by atoms with van der Waals surface area (Å²) in [7, 11) is 0. The van der Waals surface area contributed by atoms with Crippen LogP contribution in [-0.4, -0.2) is 17.6 Å². The van der Waals surface area contributed by atoms with Gasteiger partial charge in [-0.3, -0.25) is 0 Å². The second-order valence-electron chi connectivity index (χ2n) is 3.25. The van der Waals surface area contributed by atoms with E-state index in [9.17, 15) is 9.18 Å². The molecule has 0 N–H and O–H groups in total. The van der Waals surface area contributed by atoms with E-state index in [0.29, 0.717) is 5.39 Å². The number of nitrogens with zero attached hydrogens (tertiary/aromatic N) is 1. The van der Waals surface area contributed by atoms with Crippen molar-refractivity contribution >= 4 is 16.7 Å². The molecule has 0 radical (unpaired) electrons. The summed E-state index contributed by atoms with van der Waals surface area (Å²) in [6, 6.07) is 5.96. The number of hydrogen-bond acceptors (Lipinski definition) is 3. The predicted molar refractivity (Wildman–Crippen MR) is 57.7 cm³/mol. The summed E-state index contributed by atoms with van der Waals surface area (Å²) in [6.07, 6.45) is 1.51. The molecule has 1 aromatic carbocycles. The van der Waals surface area contributed by atoms with Gasteiger partial charge in [-0.25, -0.2) is 14.2 Å². The lowest BCUT2D eigenvalue weighted by Crippen LogP contribution is -2.07. The van der Waals surface area contributed by atoms with Crippen LogP contribution < -0.4 is 0 Å². The number of ether oxygens (including phenoxy) is 1. The molecule has 82 valence electrons. The average molecular weight is 219 g/mol. The molecule has 1 heterocycles. The fourth-order valence-corrected chi connectivity index (χ4v) is 1.50. The third-order valence-electron chi connectivity index (χ3n) is 2.20. The molecular formula is C12H10FNO2. The van der Waals surface area contributed by atoms with Crippen molar-refractivity contribution in [2.45, 2.75) is 6.92 Å². The van der Waals surface area contributed by atoms with Crippen molar-refractivity contribution in [3.05, 3.63) is 42.0 Å². The zero-order chi connectivity index (χ0) is 11.5. The van der Waals surface area contributed by atoms with Crippen LogP contribution in [0.3, 0.4) is 0 Å². The van der Waals surface area contributed by atoms with E-state index in [1.807, 2.05) is 0 Å². The Morgan fingerprint density at radius 2 is 2.25 bits per heavy atom. The maximum Gasteiger partial charge on any atom is 0.357 e. The van der Waals surface area contributed by atoms with Crippen molar-refractivity contribution < 1.29 is 13.9 Å². The van der Waals surface area contributed by atoms with Crippen molar-refractivity contribution in [1.29, 1.82) is 0 Å². The lowest BCUT2D eigenvalue weighted by Gasteiger charge is -2.04. The summed E-state index contributed by atoms with van der Waals surface area (Å²) in [5.41, 5.74) is 0.152. The van der Waals surface area contributed by atoms with Gasteiger partial charge >= 0.3 is 5.97 Å². The molecule has 0 aliphatic heterocycles. The highest BCUT2D eigenvalue weighted by atomic mass is 19.1. The molecule has 0 saturated heterocycles. The van der Waals surface area contributed by atoms with E-state index in [1.165, 1.54) is 18.3 Å². The number of halogens is 1. The molecule has 0 amide bonds. The highest BCUT2D eigenvalue weighted by molar-refractivity contribution is 6.02. The maximum atomic E-state index is 13.1. The summed E-state index contributed by atoms with van der Waals surface area (Å²) in [5, 5.41) is 1.24. The van der Waals surface area contributed by atoms with Crippen LogP contribution in [0.5, 0.6) is 0 Å². The Balaban J connectivity index is 2.60. The van der Waals surface area contributed by atoms with Gasteiger partial charge < -0.3 is 4.74 Å². The number of aromatic nitrogens is 1. The second-order valence-corrected chi connectivity index (χ2v) is 3.25. The van der Waals surface area contributed by atoms with Gasteiger partial charge in [-0.2, -0.15) is 0 Å². The Hall–Kier alpha value is -1.97. The van der Waals surface area contributed by atoms with Crippen molar-refractivity contribution in [2.75, 3.05) is 6.61 Å². The number of pyridine rings is 1. The number of benzene rings is 1. The molecule has 0 aliphatic rings. The van der Waals surface area contributed by atoms with Crippen LogP contribution in [-0.2, 0) is 4.74 Å². The SMILES string of the molecule is CCOC(=O)c1nccc2ccc(F)cc12. The molecule has 2 rings (SSSR count). The number of fused-ring (bicyclic) bond motifs is 1. The number of rotatable bonds is 2. The van der Waals surface area contributed by atoms with Gasteiger partial charge in [0, 0.05) is 11.6 Å². The molecule has 0 saturated carbocycles. The topological polar surface area (TPSA) is 39.2 Å². The van der Waals surface area contributed by atoms with E-state index in [4.69, 9.17) is 4.74 Å². The van der Waals surface area contributed by atoms with Gasteiger partial charge in [0.1, 0.15) is 5.82 Å². The van der Waals surface area contributed by atoms with Gasteiger partial charge in [0.15, 0.2) is 5.69 Å². The highest BCUT2D eigenvalue weighted by Crippen LogP contribution is 2.18. The van der Waals surface area contributed by atoms with Crippen molar-refractivity contribution in [2.24, 2.45) is 0 Å². The normalized spacial score (nSPS) is 10.4. The summed E-state index contributed by atoms with van der Waals surface area (Å²) >= 11 is 0. The van der Waals surface area contributed by atoms with Gasteiger partial charge in [-0.15, -0.1) is 0 Å². The van der Waals surface area contributed by atoms with Crippen molar-refractivity contribution in [1.82, 2.24) is 4.98 Å². The van der Waals surface area contributed by atoms with Crippen LogP contribution in [0.25, 0.3) is 10.8 Å². The van der Waals surface area contributed by atoms with E-state index in [0.717, 1.165) is 5.39 Å². The molecular weight excluding hydrogens is 209 g/mol. The number of hydrogen-bond donors (Lipinski definition) is 0. The maximum absolute atomic E-state index is 13.1. The second kappa shape index (κ2) is 4.26. The lowest BCUT2D eigenvalue weighted by molar-refractivity contribution is 0.0522. The Kier molecular flexibility index (Phi) is 2.81. The van der Waals surface area contributed by atoms with Gasteiger partial charge in [0.05, 0.1) is 6.61 Å². The molecule has 0 aliphatic carbocycles. The molecule has 3 nitrogen and oxygen atoms in total. The van der Waals surface area contributed by atoms with Crippen LogP contribution in [0.4, 0.5) is 4.39 Å². The molecule has 2 aromatic rings. The minimum absolute atomic E-state index is 0.152. The summed E-state index contributed by atoms with van der Waals surface area (Å²) in [5.74, 6) is -0.926. The van der Waals surface area contributed by atoms with Crippen LogP contribution >= 0.6 is 0 Å². The van der Waals surface area contributed by atoms with E-state index >= 15 is 0 Å². The monoisotopic (exact) mass is 219 g/mol.